The maximum Gasteiger partial charge on any atom is 0.240 e. The quantitative estimate of drug-likeness (QED) is 0.908. The molecule has 0 spiro atoms. The van der Waals surface area contributed by atoms with Crippen LogP contribution in [0.5, 0.6) is 0 Å². The Labute approximate surface area is 119 Å². The van der Waals surface area contributed by atoms with Crippen molar-refractivity contribution in [3.63, 3.8) is 0 Å². The fourth-order valence-corrected chi connectivity index (χ4v) is 2.77. The zero-order chi connectivity index (χ0) is 13.8. The average Bonchev–Trinajstić information content (AvgIpc) is 2.40. The van der Waals surface area contributed by atoms with Gasteiger partial charge >= 0.3 is 0 Å². The number of hydrogen-bond acceptors (Lipinski definition) is 2. The van der Waals surface area contributed by atoms with Gasteiger partial charge in [0.15, 0.2) is 0 Å². The molecule has 1 atom stereocenters. The van der Waals surface area contributed by atoms with Crippen molar-refractivity contribution in [2.24, 2.45) is 0 Å². The normalized spacial score (nSPS) is 18.8. The molecule has 0 radical (unpaired) electrons. The van der Waals surface area contributed by atoms with Crippen LogP contribution in [-0.4, -0.2) is 37.5 Å². The molecule has 1 aromatic rings. The number of nitrogens with one attached hydrogen (secondary N) is 1. The van der Waals surface area contributed by atoms with Gasteiger partial charge in [-0.15, -0.1) is 0 Å². The highest BCUT2D eigenvalue weighted by Gasteiger charge is 2.25. The lowest BCUT2D eigenvalue weighted by Crippen LogP contribution is -2.45. The number of halogens is 4. The fraction of sp³-hybridized carbons (Fsp3) is 0.538. The molecule has 1 aliphatic rings. The molecule has 19 heavy (non-hydrogen) atoms. The molecular weight excluding hydrogens is 321 g/mol. The van der Waals surface area contributed by atoms with E-state index in [-0.39, 0.29) is 18.3 Å². The molecule has 1 fully saturated rings. The first kappa shape index (κ1) is 14.8. The minimum absolute atomic E-state index is 0.224. The van der Waals surface area contributed by atoms with Crippen LogP contribution < -0.4 is 5.32 Å². The van der Waals surface area contributed by atoms with Crippen molar-refractivity contribution >= 4 is 15.9 Å². The highest BCUT2D eigenvalue weighted by molar-refractivity contribution is 9.10. The summed E-state index contributed by atoms with van der Waals surface area (Å²) in [4.78, 5) is 2.03. The van der Waals surface area contributed by atoms with E-state index in [9.17, 15) is 13.2 Å². The van der Waals surface area contributed by atoms with Crippen LogP contribution in [0.3, 0.4) is 0 Å². The van der Waals surface area contributed by atoms with E-state index in [4.69, 9.17) is 0 Å². The number of nitrogens with zero attached hydrogens (tertiary/aromatic N) is 1. The molecule has 1 heterocycles. The Balaban J connectivity index is 2.22. The monoisotopic (exact) mass is 336 g/mol. The van der Waals surface area contributed by atoms with Crippen molar-refractivity contribution in [2.75, 3.05) is 26.2 Å². The molecule has 0 saturated carbocycles. The molecule has 1 aromatic carbocycles. The van der Waals surface area contributed by atoms with Crippen LogP contribution in [0.4, 0.5) is 13.2 Å². The molecule has 0 aliphatic carbocycles. The van der Waals surface area contributed by atoms with Crippen LogP contribution in [-0.2, 0) is 0 Å². The average molecular weight is 337 g/mol. The van der Waals surface area contributed by atoms with E-state index in [0.29, 0.717) is 4.47 Å². The maximum atomic E-state index is 13.2. The van der Waals surface area contributed by atoms with Crippen LogP contribution in [0.15, 0.2) is 22.7 Å². The Morgan fingerprint density at radius 1 is 1.26 bits per heavy atom. The summed E-state index contributed by atoms with van der Waals surface area (Å²) >= 11 is 3.11. The van der Waals surface area contributed by atoms with E-state index in [2.05, 4.69) is 21.2 Å². The minimum Gasteiger partial charge on any atom is -0.314 e. The van der Waals surface area contributed by atoms with Gasteiger partial charge in [-0.3, -0.25) is 4.90 Å². The van der Waals surface area contributed by atoms with E-state index >= 15 is 0 Å². The predicted octanol–water partition coefficient (Wildman–Crippen LogP) is 3.19. The first-order valence-electron chi connectivity index (χ1n) is 6.26. The van der Waals surface area contributed by atoms with E-state index in [1.54, 1.807) is 12.1 Å². The summed E-state index contributed by atoms with van der Waals surface area (Å²) in [5.41, 5.74) is 0.732. The number of alkyl halides is 2. The van der Waals surface area contributed by atoms with Gasteiger partial charge in [0, 0.05) is 38.6 Å². The van der Waals surface area contributed by atoms with E-state index in [1.165, 1.54) is 6.07 Å². The van der Waals surface area contributed by atoms with Crippen LogP contribution in [0.1, 0.15) is 18.0 Å². The van der Waals surface area contributed by atoms with Crippen LogP contribution in [0.25, 0.3) is 0 Å². The second-order valence-corrected chi connectivity index (χ2v) is 5.46. The molecule has 1 N–H and O–H groups in total. The lowest BCUT2D eigenvalue weighted by molar-refractivity contribution is 0.0739. The minimum atomic E-state index is -2.37. The lowest BCUT2D eigenvalue weighted by Gasteiger charge is -2.35. The Morgan fingerprint density at radius 3 is 2.53 bits per heavy atom. The second kappa shape index (κ2) is 6.72. The van der Waals surface area contributed by atoms with Gasteiger partial charge in [-0.25, -0.2) is 13.2 Å². The molecule has 1 aliphatic heterocycles. The Kier molecular flexibility index (Phi) is 5.24. The summed E-state index contributed by atoms with van der Waals surface area (Å²) in [6.45, 7) is 3.04. The highest BCUT2D eigenvalue weighted by Crippen LogP contribution is 2.30. The van der Waals surface area contributed by atoms with Crippen LogP contribution >= 0.6 is 15.9 Å². The number of rotatable bonds is 4. The van der Waals surface area contributed by atoms with E-state index in [0.717, 1.165) is 31.7 Å². The summed E-state index contributed by atoms with van der Waals surface area (Å²) < 4.78 is 39.1. The van der Waals surface area contributed by atoms with E-state index in [1.807, 2.05) is 4.90 Å². The van der Waals surface area contributed by atoms with Crippen molar-refractivity contribution in [1.82, 2.24) is 10.2 Å². The first-order chi connectivity index (χ1) is 9.08. The topological polar surface area (TPSA) is 15.3 Å². The Morgan fingerprint density at radius 2 is 1.95 bits per heavy atom. The predicted molar refractivity (Wildman–Crippen MR) is 71.9 cm³/mol. The molecule has 0 unspecified atom stereocenters. The summed E-state index contributed by atoms with van der Waals surface area (Å²) in [6, 6.07) is 4.15. The van der Waals surface area contributed by atoms with Crippen molar-refractivity contribution in [1.29, 1.82) is 0 Å². The molecule has 6 heteroatoms. The molecule has 106 valence electrons. The molecule has 0 bridgehead atoms. The number of piperazine rings is 1. The molecule has 1 saturated heterocycles. The highest BCUT2D eigenvalue weighted by atomic mass is 79.9. The zero-order valence-electron chi connectivity index (χ0n) is 10.4. The summed E-state index contributed by atoms with van der Waals surface area (Å²) in [5.74, 6) is -0.375. The third kappa shape index (κ3) is 3.94. The van der Waals surface area contributed by atoms with Crippen LogP contribution in [0, 0.1) is 5.82 Å². The smallest absolute Gasteiger partial charge is 0.240 e. The maximum absolute atomic E-state index is 13.2. The van der Waals surface area contributed by atoms with Crippen molar-refractivity contribution < 1.29 is 13.2 Å². The molecule has 2 nitrogen and oxygen atoms in total. The third-order valence-electron chi connectivity index (χ3n) is 3.32. The summed E-state index contributed by atoms with van der Waals surface area (Å²) in [7, 11) is 0. The summed E-state index contributed by atoms with van der Waals surface area (Å²) in [6.07, 6.45) is -2.60. The lowest BCUT2D eigenvalue weighted by atomic mass is 10.0. The van der Waals surface area contributed by atoms with Gasteiger partial charge in [-0.2, -0.15) is 0 Å². The third-order valence-corrected chi connectivity index (χ3v) is 3.93. The Bertz CT molecular complexity index is 422. The SMILES string of the molecule is Fc1ccc([C@@H](CC(F)F)N2CCNCC2)cc1Br. The standard InChI is InChI=1S/C13H16BrF3N2/c14-10-7-9(1-2-11(10)15)12(8-13(16)17)19-5-3-18-4-6-19/h1-2,7,12-13,18H,3-6,8H2/t12-/m1/s1. The second-order valence-electron chi connectivity index (χ2n) is 4.60. The van der Waals surface area contributed by atoms with Crippen molar-refractivity contribution in [3.05, 3.63) is 34.1 Å². The van der Waals surface area contributed by atoms with Gasteiger partial charge in [0.1, 0.15) is 5.82 Å². The van der Waals surface area contributed by atoms with Crippen molar-refractivity contribution in [3.8, 4) is 0 Å². The van der Waals surface area contributed by atoms with Gasteiger partial charge in [-0.05, 0) is 33.6 Å². The largest absolute Gasteiger partial charge is 0.314 e. The molecule has 0 aromatic heterocycles. The molecular formula is C13H16BrF3N2. The number of benzene rings is 1. The summed E-state index contributed by atoms with van der Waals surface area (Å²) in [5, 5.41) is 3.20. The Hall–Kier alpha value is -0.590. The van der Waals surface area contributed by atoms with Crippen LogP contribution in [0.2, 0.25) is 0 Å². The molecule has 2 rings (SSSR count). The van der Waals surface area contributed by atoms with Gasteiger partial charge < -0.3 is 5.32 Å². The molecule has 0 amide bonds. The van der Waals surface area contributed by atoms with Gasteiger partial charge in [0.25, 0.3) is 0 Å². The van der Waals surface area contributed by atoms with Gasteiger partial charge in [-0.1, -0.05) is 6.07 Å². The van der Waals surface area contributed by atoms with Crippen molar-refractivity contribution in [2.45, 2.75) is 18.9 Å². The first-order valence-corrected chi connectivity index (χ1v) is 7.05. The zero-order valence-corrected chi connectivity index (χ0v) is 12.0. The van der Waals surface area contributed by atoms with E-state index < -0.39 is 6.43 Å². The fourth-order valence-electron chi connectivity index (χ4n) is 2.38. The van der Waals surface area contributed by atoms with Gasteiger partial charge in [0.05, 0.1) is 4.47 Å². The number of hydrogen-bond donors (Lipinski definition) is 1. The van der Waals surface area contributed by atoms with Gasteiger partial charge in [0.2, 0.25) is 6.43 Å².